The number of ether oxygens (including phenoxy) is 1. The van der Waals surface area contributed by atoms with Crippen LogP contribution in [0.25, 0.3) is 0 Å². The molecule has 1 aromatic carbocycles. The van der Waals surface area contributed by atoms with Gasteiger partial charge in [0.25, 0.3) is 0 Å². The van der Waals surface area contributed by atoms with E-state index < -0.39 is 0 Å². The van der Waals surface area contributed by atoms with E-state index in [1.54, 1.807) is 0 Å². The van der Waals surface area contributed by atoms with Crippen molar-refractivity contribution in [1.82, 2.24) is 4.90 Å². The van der Waals surface area contributed by atoms with Crippen LogP contribution in [0.1, 0.15) is 38.2 Å². The lowest BCUT2D eigenvalue weighted by Crippen LogP contribution is -2.42. The molecule has 1 aliphatic heterocycles. The van der Waals surface area contributed by atoms with Crippen molar-refractivity contribution in [1.29, 1.82) is 0 Å². The largest absolute Gasteiger partial charge is 0.493 e. The Morgan fingerprint density at radius 2 is 2.20 bits per heavy atom. The van der Waals surface area contributed by atoms with Gasteiger partial charge in [-0.1, -0.05) is 18.2 Å². The molecule has 0 bridgehead atoms. The first-order valence-electron chi connectivity index (χ1n) is 7.23. The summed E-state index contributed by atoms with van der Waals surface area (Å²) in [7, 11) is 0. The fraction of sp³-hybridized carbons (Fsp3) is 0.562. The van der Waals surface area contributed by atoms with Gasteiger partial charge in [0.2, 0.25) is 5.91 Å². The minimum Gasteiger partial charge on any atom is -0.493 e. The highest BCUT2D eigenvalue weighted by atomic mass is 35.5. The maximum absolute atomic E-state index is 12.8. The van der Waals surface area contributed by atoms with E-state index in [1.165, 1.54) is 0 Å². The third-order valence-corrected chi connectivity index (χ3v) is 3.96. The van der Waals surface area contributed by atoms with Gasteiger partial charge in [0, 0.05) is 24.0 Å². The number of fused-ring (bicyclic) bond motifs is 1. The Hall–Kier alpha value is -1.22. The van der Waals surface area contributed by atoms with Crippen LogP contribution in [0, 0.1) is 0 Å². The van der Waals surface area contributed by atoms with Crippen LogP contribution in [-0.2, 0) is 4.79 Å². The second kappa shape index (κ2) is 6.98. The van der Waals surface area contributed by atoms with Gasteiger partial charge in [0.1, 0.15) is 5.75 Å². The van der Waals surface area contributed by atoms with Crippen molar-refractivity contribution in [2.24, 2.45) is 0 Å². The molecule has 1 aromatic rings. The molecule has 20 heavy (non-hydrogen) atoms. The molecule has 1 aliphatic rings. The van der Waals surface area contributed by atoms with Crippen molar-refractivity contribution in [3.8, 4) is 5.75 Å². The third kappa shape index (κ3) is 3.26. The quantitative estimate of drug-likeness (QED) is 0.779. The van der Waals surface area contributed by atoms with E-state index in [-0.39, 0.29) is 17.9 Å². The number of rotatable bonds is 5. The van der Waals surface area contributed by atoms with Gasteiger partial charge in [-0.15, -0.1) is 11.6 Å². The molecule has 3 nitrogen and oxygen atoms in total. The van der Waals surface area contributed by atoms with E-state index in [1.807, 2.05) is 29.2 Å². The first-order valence-corrected chi connectivity index (χ1v) is 7.76. The first-order chi connectivity index (χ1) is 9.65. The van der Waals surface area contributed by atoms with Crippen LogP contribution >= 0.6 is 11.6 Å². The molecule has 0 spiro atoms. The van der Waals surface area contributed by atoms with Crippen LogP contribution in [0.2, 0.25) is 0 Å². The lowest BCUT2D eigenvalue weighted by molar-refractivity contribution is -0.135. The average Bonchev–Trinajstić information content (AvgIpc) is 2.46. The zero-order chi connectivity index (χ0) is 14.5. The van der Waals surface area contributed by atoms with Crippen LogP contribution in [0.15, 0.2) is 24.3 Å². The van der Waals surface area contributed by atoms with Crippen LogP contribution in [-0.4, -0.2) is 35.9 Å². The molecule has 0 aromatic heterocycles. The summed E-state index contributed by atoms with van der Waals surface area (Å²) in [5, 5.41) is 0. The summed E-state index contributed by atoms with van der Waals surface area (Å²) in [5.41, 5.74) is 1.01. The fourth-order valence-electron chi connectivity index (χ4n) is 2.65. The summed E-state index contributed by atoms with van der Waals surface area (Å²) in [6.45, 7) is 5.43. The summed E-state index contributed by atoms with van der Waals surface area (Å²) in [5.74, 6) is 1.54. The van der Waals surface area contributed by atoms with Crippen LogP contribution in [0.3, 0.4) is 0 Å². The number of alkyl halides is 1. The summed E-state index contributed by atoms with van der Waals surface area (Å²) in [6.07, 6.45) is 1.58. The van der Waals surface area contributed by atoms with Gasteiger partial charge in [0.05, 0.1) is 12.5 Å². The summed E-state index contributed by atoms with van der Waals surface area (Å²) in [4.78, 5) is 14.8. The number of hydrogen-bond donors (Lipinski definition) is 0. The minimum absolute atomic E-state index is 0.0855. The number of carbonyl (C=O) groups is 1. The highest BCUT2D eigenvalue weighted by molar-refractivity contribution is 6.17. The maximum Gasteiger partial charge on any atom is 0.230 e. The van der Waals surface area contributed by atoms with Gasteiger partial charge in [-0.3, -0.25) is 4.79 Å². The summed E-state index contributed by atoms with van der Waals surface area (Å²) in [6, 6.07) is 8.04. The molecule has 1 unspecified atom stereocenters. The van der Waals surface area contributed by atoms with E-state index >= 15 is 0 Å². The third-order valence-electron chi connectivity index (χ3n) is 3.70. The highest BCUT2D eigenvalue weighted by Crippen LogP contribution is 2.34. The predicted octanol–water partition coefficient (Wildman–Crippen LogP) is 3.42. The lowest BCUT2D eigenvalue weighted by Gasteiger charge is -2.33. The van der Waals surface area contributed by atoms with Gasteiger partial charge in [-0.25, -0.2) is 0 Å². The molecule has 0 saturated carbocycles. The van der Waals surface area contributed by atoms with E-state index in [4.69, 9.17) is 16.3 Å². The number of halogens is 1. The minimum atomic E-state index is -0.0855. The lowest BCUT2D eigenvalue weighted by atomic mass is 9.91. The van der Waals surface area contributed by atoms with Crippen molar-refractivity contribution in [2.45, 2.75) is 38.6 Å². The van der Waals surface area contributed by atoms with E-state index in [9.17, 15) is 4.79 Å². The Kier molecular flexibility index (Phi) is 5.30. The number of nitrogens with zero attached hydrogens (tertiary/aromatic N) is 1. The number of amides is 1. The number of benzene rings is 1. The Bertz CT molecular complexity index is 462. The van der Waals surface area contributed by atoms with Crippen molar-refractivity contribution in [3.63, 3.8) is 0 Å². The summed E-state index contributed by atoms with van der Waals surface area (Å²) < 4.78 is 5.63. The zero-order valence-electron chi connectivity index (χ0n) is 12.1. The Labute approximate surface area is 125 Å². The zero-order valence-corrected chi connectivity index (χ0v) is 12.9. The Morgan fingerprint density at radius 3 is 2.90 bits per heavy atom. The number of carbonyl (C=O) groups excluding carboxylic acids is 1. The second-order valence-corrected chi connectivity index (χ2v) is 5.77. The SMILES string of the molecule is CC(C)N(CCCCl)C(=O)C1CCOc2ccccc21. The molecule has 2 rings (SSSR count). The fourth-order valence-corrected chi connectivity index (χ4v) is 2.77. The normalized spacial score (nSPS) is 17.5. The molecule has 0 fully saturated rings. The van der Waals surface area contributed by atoms with Crippen molar-refractivity contribution >= 4 is 17.5 Å². The number of para-hydroxylation sites is 1. The van der Waals surface area contributed by atoms with Crippen molar-refractivity contribution < 1.29 is 9.53 Å². The van der Waals surface area contributed by atoms with Crippen molar-refractivity contribution in [2.75, 3.05) is 19.0 Å². The van der Waals surface area contributed by atoms with Crippen LogP contribution in [0.4, 0.5) is 0 Å². The van der Waals surface area contributed by atoms with Gasteiger partial charge >= 0.3 is 0 Å². The molecule has 0 N–H and O–H groups in total. The molecular weight excluding hydrogens is 274 g/mol. The van der Waals surface area contributed by atoms with Crippen LogP contribution in [0.5, 0.6) is 5.75 Å². The molecule has 1 heterocycles. The van der Waals surface area contributed by atoms with E-state index in [0.717, 1.165) is 30.7 Å². The van der Waals surface area contributed by atoms with E-state index in [0.29, 0.717) is 12.5 Å². The van der Waals surface area contributed by atoms with Crippen molar-refractivity contribution in [3.05, 3.63) is 29.8 Å². The van der Waals surface area contributed by atoms with Gasteiger partial charge in [-0.05, 0) is 32.8 Å². The molecule has 110 valence electrons. The number of hydrogen-bond acceptors (Lipinski definition) is 2. The molecule has 0 radical (unpaired) electrons. The van der Waals surface area contributed by atoms with Gasteiger partial charge < -0.3 is 9.64 Å². The highest BCUT2D eigenvalue weighted by Gasteiger charge is 2.31. The standard InChI is InChI=1S/C16H22ClNO2/c1-12(2)18(10-5-9-17)16(19)14-8-11-20-15-7-4-3-6-13(14)15/h3-4,6-7,12,14H,5,8-11H2,1-2H3. The molecule has 0 aliphatic carbocycles. The summed E-state index contributed by atoms with van der Waals surface area (Å²) >= 11 is 5.76. The average molecular weight is 296 g/mol. The monoisotopic (exact) mass is 295 g/mol. The second-order valence-electron chi connectivity index (χ2n) is 5.40. The molecule has 1 amide bonds. The molecule has 0 saturated heterocycles. The topological polar surface area (TPSA) is 29.5 Å². The predicted molar refractivity (Wildman–Crippen MR) is 81.5 cm³/mol. The van der Waals surface area contributed by atoms with E-state index in [2.05, 4.69) is 13.8 Å². The van der Waals surface area contributed by atoms with Gasteiger partial charge in [-0.2, -0.15) is 0 Å². The molecular formula is C16H22ClNO2. The smallest absolute Gasteiger partial charge is 0.230 e. The molecule has 4 heteroatoms. The Morgan fingerprint density at radius 1 is 1.45 bits per heavy atom. The first kappa shape index (κ1) is 15.2. The van der Waals surface area contributed by atoms with Gasteiger partial charge in [0.15, 0.2) is 0 Å². The maximum atomic E-state index is 12.8. The Balaban J connectivity index is 2.20. The molecule has 1 atom stereocenters. The van der Waals surface area contributed by atoms with Crippen LogP contribution < -0.4 is 4.74 Å².